The highest BCUT2D eigenvalue weighted by Crippen LogP contribution is 2.20. The number of nitrogens with two attached hydrogens (primary N) is 1. The van der Waals surface area contributed by atoms with E-state index in [0.717, 1.165) is 0 Å². The molecule has 0 aliphatic carbocycles. The Morgan fingerprint density at radius 2 is 2.15 bits per heavy atom. The second kappa shape index (κ2) is 4.44. The number of benzene rings is 1. The van der Waals surface area contributed by atoms with Crippen LogP contribution in [-0.4, -0.2) is 11.7 Å². The van der Waals surface area contributed by atoms with Crippen LogP contribution in [0.1, 0.15) is 0 Å². The summed E-state index contributed by atoms with van der Waals surface area (Å²) in [7, 11) is 0. The molecule has 2 N–H and O–H groups in total. The van der Waals surface area contributed by atoms with Crippen LogP contribution in [0.3, 0.4) is 0 Å². The van der Waals surface area contributed by atoms with Gasteiger partial charge in [-0.05, 0) is 18.2 Å². The second-order valence-corrected chi connectivity index (χ2v) is 3.07. The number of hydrogen-bond donors (Lipinski definition) is 1. The van der Waals surface area contributed by atoms with Crippen molar-refractivity contribution in [2.75, 3.05) is 5.88 Å². The molecule has 13 heavy (non-hydrogen) atoms. The molecule has 1 aromatic carbocycles. The van der Waals surface area contributed by atoms with Gasteiger partial charge in [0, 0.05) is 5.02 Å². The maximum absolute atomic E-state index is 12.8. The molecule has 2 nitrogen and oxygen atoms in total. The van der Waals surface area contributed by atoms with Crippen LogP contribution in [0.5, 0.6) is 0 Å². The predicted octanol–water partition coefficient (Wildman–Crippen LogP) is 2.71. The molecule has 0 saturated carbocycles. The molecule has 0 heterocycles. The van der Waals surface area contributed by atoms with E-state index in [0.29, 0.717) is 5.69 Å². The Hall–Kier alpha value is -0.800. The summed E-state index contributed by atoms with van der Waals surface area (Å²) in [6.45, 7) is 0. The third-order valence-electron chi connectivity index (χ3n) is 1.26. The van der Waals surface area contributed by atoms with E-state index in [2.05, 4.69) is 4.99 Å². The minimum atomic E-state index is -0.450. The quantitative estimate of drug-likeness (QED) is 0.465. The van der Waals surface area contributed by atoms with Crippen LogP contribution in [0.4, 0.5) is 10.1 Å². The van der Waals surface area contributed by atoms with Gasteiger partial charge < -0.3 is 5.73 Å². The second-order valence-electron chi connectivity index (χ2n) is 2.36. The molecule has 0 saturated heterocycles. The number of nitrogens with zero attached hydrogens (tertiary/aromatic N) is 1. The third-order valence-corrected chi connectivity index (χ3v) is 1.75. The Bertz CT molecular complexity index is 319. The molecular formula is C8H7Cl2FN2. The maximum Gasteiger partial charge on any atom is 0.126 e. The fraction of sp³-hybridized carbons (Fsp3) is 0.125. The summed E-state index contributed by atoms with van der Waals surface area (Å²) in [5.74, 6) is -0.120. The molecule has 0 unspecified atom stereocenters. The van der Waals surface area contributed by atoms with Crippen molar-refractivity contribution in [3.63, 3.8) is 0 Å². The summed E-state index contributed by atoms with van der Waals surface area (Å²) in [5, 5.41) is 0.279. The SMILES string of the molecule is NC(CCl)=Nc1cc(F)cc(Cl)c1. The summed E-state index contributed by atoms with van der Waals surface area (Å²) in [5.41, 5.74) is 5.72. The van der Waals surface area contributed by atoms with Gasteiger partial charge in [0.25, 0.3) is 0 Å². The van der Waals surface area contributed by atoms with Crippen LogP contribution < -0.4 is 5.73 Å². The summed E-state index contributed by atoms with van der Waals surface area (Å²) < 4.78 is 12.8. The molecule has 0 amide bonds. The van der Waals surface area contributed by atoms with Gasteiger partial charge >= 0.3 is 0 Å². The molecule has 5 heteroatoms. The maximum atomic E-state index is 12.8. The average molecular weight is 221 g/mol. The molecular weight excluding hydrogens is 214 g/mol. The first-order valence-corrected chi connectivity index (χ1v) is 4.38. The first kappa shape index (κ1) is 10.3. The molecule has 0 radical (unpaired) electrons. The van der Waals surface area contributed by atoms with Crippen LogP contribution >= 0.6 is 23.2 Å². The van der Waals surface area contributed by atoms with Gasteiger partial charge in [-0.3, -0.25) is 0 Å². The number of aliphatic imine (C=N–C) groups is 1. The summed E-state index contributed by atoms with van der Waals surface area (Å²) in [6.07, 6.45) is 0. The van der Waals surface area contributed by atoms with E-state index in [1.807, 2.05) is 0 Å². The van der Waals surface area contributed by atoms with Crippen molar-refractivity contribution in [1.82, 2.24) is 0 Å². The Balaban J connectivity index is 3.02. The fourth-order valence-corrected chi connectivity index (χ4v) is 1.08. The topological polar surface area (TPSA) is 38.4 Å². The number of halogens is 3. The van der Waals surface area contributed by atoms with Gasteiger partial charge in [0.1, 0.15) is 11.7 Å². The average Bonchev–Trinajstić information content (AvgIpc) is 2.02. The van der Waals surface area contributed by atoms with E-state index in [1.54, 1.807) is 0 Å². The minimum Gasteiger partial charge on any atom is -0.386 e. The van der Waals surface area contributed by atoms with Gasteiger partial charge in [-0.25, -0.2) is 9.38 Å². The van der Waals surface area contributed by atoms with Gasteiger partial charge in [-0.2, -0.15) is 0 Å². The number of amidine groups is 1. The van der Waals surface area contributed by atoms with Crippen LogP contribution in [0.25, 0.3) is 0 Å². The van der Waals surface area contributed by atoms with E-state index in [1.165, 1.54) is 18.2 Å². The van der Waals surface area contributed by atoms with Crippen molar-refractivity contribution in [2.45, 2.75) is 0 Å². The largest absolute Gasteiger partial charge is 0.386 e. The lowest BCUT2D eigenvalue weighted by Crippen LogP contribution is -2.12. The normalized spacial score (nSPS) is 11.8. The smallest absolute Gasteiger partial charge is 0.126 e. The first-order chi connectivity index (χ1) is 6.11. The van der Waals surface area contributed by atoms with Crippen LogP contribution in [0.2, 0.25) is 5.02 Å². The van der Waals surface area contributed by atoms with E-state index in [4.69, 9.17) is 28.9 Å². The standard InChI is InChI=1S/C8H7Cl2FN2/c9-4-8(12)13-7-2-5(10)1-6(11)3-7/h1-3H,4H2,(H2,12,13). The molecule has 0 aliphatic rings. The fourth-order valence-electron chi connectivity index (χ4n) is 0.800. The highest BCUT2D eigenvalue weighted by atomic mass is 35.5. The van der Waals surface area contributed by atoms with E-state index >= 15 is 0 Å². The monoisotopic (exact) mass is 220 g/mol. The van der Waals surface area contributed by atoms with Gasteiger partial charge in [0.15, 0.2) is 0 Å². The molecule has 70 valence electrons. The Morgan fingerprint density at radius 3 is 2.69 bits per heavy atom. The Labute approximate surface area is 85.2 Å². The van der Waals surface area contributed by atoms with Crippen molar-refractivity contribution in [2.24, 2.45) is 10.7 Å². The lowest BCUT2D eigenvalue weighted by atomic mass is 10.3. The van der Waals surface area contributed by atoms with Crippen molar-refractivity contribution >= 4 is 34.7 Å². The van der Waals surface area contributed by atoms with Crippen molar-refractivity contribution in [3.8, 4) is 0 Å². The minimum absolute atomic E-state index is 0.105. The van der Waals surface area contributed by atoms with Crippen molar-refractivity contribution in [3.05, 3.63) is 29.0 Å². The zero-order chi connectivity index (χ0) is 9.84. The van der Waals surface area contributed by atoms with Gasteiger partial charge in [0.2, 0.25) is 0 Å². The first-order valence-electron chi connectivity index (χ1n) is 3.47. The van der Waals surface area contributed by atoms with Gasteiger partial charge in [0.05, 0.1) is 11.6 Å². The van der Waals surface area contributed by atoms with Crippen molar-refractivity contribution < 1.29 is 4.39 Å². The van der Waals surface area contributed by atoms with Crippen LogP contribution in [0.15, 0.2) is 23.2 Å². The van der Waals surface area contributed by atoms with Crippen molar-refractivity contribution in [1.29, 1.82) is 0 Å². The lowest BCUT2D eigenvalue weighted by molar-refractivity contribution is 0.628. The molecule has 1 rings (SSSR count). The number of hydrogen-bond acceptors (Lipinski definition) is 1. The molecule has 1 aromatic rings. The number of rotatable bonds is 2. The zero-order valence-electron chi connectivity index (χ0n) is 6.60. The molecule has 0 aliphatic heterocycles. The summed E-state index contributed by atoms with van der Waals surface area (Å²) >= 11 is 11.0. The summed E-state index contributed by atoms with van der Waals surface area (Å²) in [4.78, 5) is 3.84. The number of alkyl halides is 1. The Morgan fingerprint density at radius 1 is 1.46 bits per heavy atom. The molecule has 0 aromatic heterocycles. The molecule has 0 spiro atoms. The van der Waals surface area contributed by atoms with E-state index in [9.17, 15) is 4.39 Å². The van der Waals surface area contributed by atoms with E-state index in [-0.39, 0.29) is 16.7 Å². The third kappa shape index (κ3) is 3.20. The predicted molar refractivity (Wildman–Crippen MR) is 53.4 cm³/mol. The Kier molecular flexibility index (Phi) is 3.51. The van der Waals surface area contributed by atoms with E-state index < -0.39 is 5.82 Å². The van der Waals surface area contributed by atoms with Gasteiger partial charge in [-0.15, -0.1) is 11.6 Å². The highest BCUT2D eigenvalue weighted by molar-refractivity contribution is 6.31. The molecule has 0 atom stereocenters. The molecule has 0 fully saturated rings. The zero-order valence-corrected chi connectivity index (χ0v) is 8.11. The van der Waals surface area contributed by atoms with Crippen LogP contribution in [-0.2, 0) is 0 Å². The molecule has 0 bridgehead atoms. The van der Waals surface area contributed by atoms with Crippen LogP contribution in [0, 0.1) is 5.82 Å². The lowest BCUT2D eigenvalue weighted by Gasteiger charge is -1.97. The summed E-state index contributed by atoms with van der Waals surface area (Å²) in [6, 6.07) is 3.92. The van der Waals surface area contributed by atoms with Gasteiger partial charge in [-0.1, -0.05) is 11.6 Å². The highest BCUT2D eigenvalue weighted by Gasteiger charge is 1.98.